The number of anilines is 1. The zero-order valence-corrected chi connectivity index (χ0v) is 11.9. The third-order valence-corrected chi connectivity index (χ3v) is 3.60. The van der Waals surface area contributed by atoms with Crippen LogP contribution >= 0.6 is 15.9 Å². The van der Waals surface area contributed by atoms with Crippen molar-refractivity contribution in [2.45, 2.75) is 6.42 Å². The summed E-state index contributed by atoms with van der Waals surface area (Å²) in [6, 6.07) is 3.68. The molecule has 3 heterocycles. The highest BCUT2D eigenvalue weighted by Gasteiger charge is 2.32. The Morgan fingerprint density at radius 2 is 2.40 bits per heavy atom. The Morgan fingerprint density at radius 3 is 3.20 bits per heavy atom. The lowest BCUT2D eigenvalue weighted by Crippen LogP contribution is -2.26. The average molecular weight is 336 g/mol. The minimum atomic E-state index is -0.0434. The Morgan fingerprint density at radius 1 is 1.55 bits per heavy atom. The second-order valence-electron chi connectivity index (χ2n) is 4.55. The Hall–Kier alpha value is -2.12. The molecule has 1 fully saturated rings. The molecule has 2 aromatic heterocycles. The summed E-state index contributed by atoms with van der Waals surface area (Å²) in [5, 5.41) is 7.82. The molecule has 0 saturated carbocycles. The zero-order valence-electron chi connectivity index (χ0n) is 10.3. The molecule has 0 N–H and O–H groups in total. The number of aromatic nitrogens is 3. The maximum atomic E-state index is 12.0. The molecule has 8 nitrogen and oxygen atoms in total. The van der Waals surface area contributed by atoms with Gasteiger partial charge in [-0.05, 0) is 39.5 Å². The van der Waals surface area contributed by atoms with Crippen LogP contribution in [-0.4, -0.2) is 33.6 Å². The molecule has 1 amide bonds. The molecule has 1 unspecified atom stereocenters. The van der Waals surface area contributed by atoms with Gasteiger partial charge >= 0.3 is 0 Å². The van der Waals surface area contributed by atoms with Gasteiger partial charge in [0.2, 0.25) is 5.91 Å². The Kier molecular flexibility index (Phi) is 3.29. The van der Waals surface area contributed by atoms with Crippen LogP contribution in [0.2, 0.25) is 0 Å². The standard InChI is InChI=1S/C11H10BrN7O/c12-8-1-2-9-15-11(16-19(9)6-8)18-5-7(3-10(18)20)4-14-17-13/h1-2,6-7H,3-5H2. The SMILES string of the molecule is [N-]=[N+]=NCC1CC(=O)N(c2nc3ccc(Br)cn3n2)C1. The fourth-order valence-corrected chi connectivity index (χ4v) is 2.54. The molecule has 1 aliphatic rings. The van der Waals surface area contributed by atoms with E-state index in [1.54, 1.807) is 15.6 Å². The van der Waals surface area contributed by atoms with E-state index in [2.05, 4.69) is 36.0 Å². The van der Waals surface area contributed by atoms with E-state index < -0.39 is 0 Å². The van der Waals surface area contributed by atoms with E-state index in [4.69, 9.17) is 5.53 Å². The molecule has 102 valence electrons. The van der Waals surface area contributed by atoms with Crippen LogP contribution in [-0.2, 0) is 4.79 Å². The summed E-state index contributed by atoms with van der Waals surface area (Å²) in [7, 11) is 0. The van der Waals surface area contributed by atoms with Gasteiger partial charge in [0.15, 0.2) is 5.65 Å². The Balaban J connectivity index is 1.87. The normalized spacial score (nSPS) is 18.6. The van der Waals surface area contributed by atoms with Gasteiger partial charge in [-0.15, -0.1) is 5.10 Å². The molecule has 0 spiro atoms. The number of carbonyl (C=O) groups is 1. The summed E-state index contributed by atoms with van der Waals surface area (Å²) in [5.41, 5.74) is 9.00. The molecule has 3 rings (SSSR count). The first kappa shape index (κ1) is 12.9. The number of hydrogen-bond donors (Lipinski definition) is 0. The number of pyridine rings is 1. The van der Waals surface area contributed by atoms with Crippen LogP contribution in [0.15, 0.2) is 27.9 Å². The summed E-state index contributed by atoms with van der Waals surface area (Å²) in [5.74, 6) is 0.367. The maximum Gasteiger partial charge on any atom is 0.252 e. The zero-order chi connectivity index (χ0) is 14.1. The van der Waals surface area contributed by atoms with Crippen molar-refractivity contribution in [2.24, 2.45) is 11.0 Å². The summed E-state index contributed by atoms with van der Waals surface area (Å²) < 4.78 is 2.50. The van der Waals surface area contributed by atoms with Crippen LogP contribution in [0, 0.1) is 5.92 Å². The first-order chi connectivity index (χ1) is 9.67. The molecular formula is C11H10BrN7O. The van der Waals surface area contributed by atoms with Crippen LogP contribution in [0.4, 0.5) is 5.95 Å². The van der Waals surface area contributed by atoms with Gasteiger partial charge in [-0.1, -0.05) is 5.11 Å². The highest BCUT2D eigenvalue weighted by molar-refractivity contribution is 9.10. The largest absolute Gasteiger partial charge is 0.279 e. The monoisotopic (exact) mass is 335 g/mol. The van der Waals surface area contributed by atoms with E-state index >= 15 is 0 Å². The van der Waals surface area contributed by atoms with Crippen LogP contribution in [0.3, 0.4) is 0 Å². The van der Waals surface area contributed by atoms with Gasteiger partial charge in [0.25, 0.3) is 5.95 Å². The molecule has 1 saturated heterocycles. The maximum absolute atomic E-state index is 12.0. The van der Waals surface area contributed by atoms with E-state index in [1.807, 2.05) is 12.1 Å². The first-order valence-corrected chi connectivity index (χ1v) is 6.80. The second kappa shape index (κ2) is 5.10. The number of azide groups is 1. The number of nitrogens with zero attached hydrogens (tertiary/aromatic N) is 7. The van der Waals surface area contributed by atoms with E-state index in [0.29, 0.717) is 31.1 Å². The van der Waals surface area contributed by atoms with Crippen molar-refractivity contribution < 1.29 is 4.79 Å². The lowest BCUT2D eigenvalue weighted by Gasteiger charge is -2.10. The number of hydrogen-bond acceptors (Lipinski definition) is 4. The van der Waals surface area contributed by atoms with Crippen molar-refractivity contribution in [2.75, 3.05) is 18.0 Å². The second-order valence-corrected chi connectivity index (χ2v) is 5.47. The smallest absolute Gasteiger partial charge is 0.252 e. The van der Waals surface area contributed by atoms with Crippen LogP contribution in [0.25, 0.3) is 16.1 Å². The highest BCUT2D eigenvalue weighted by atomic mass is 79.9. The lowest BCUT2D eigenvalue weighted by atomic mass is 10.1. The molecule has 1 aliphatic heterocycles. The first-order valence-electron chi connectivity index (χ1n) is 6.00. The number of carbonyl (C=O) groups excluding carboxylic acids is 1. The quantitative estimate of drug-likeness (QED) is 0.488. The third kappa shape index (κ3) is 2.33. The molecule has 0 radical (unpaired) electrons. The molecule has 20 heavy (non-hydrogen) atoms. The minimum absolute atomic E-state index is 0.0248. The number of halogens is 1. The van der Waals surface area contributed by atoms with Crippen molar-refractivity contribution in [3.63, 3.8) is 0 Å². The van der Waals surface area contributed by atoms with Crippen LogP contribution < -0.4 is 4.90 Å². The summed E-state index contributed by atoms with van der Waals surface area (Å²) in [6.45, 7) is 0.799. The van der Waals surface area contributed by atoms with Gasteiger partial charge < -0.3 is 0 Å². The van der Waals surface area contributed by atoms with Gasteiger partial charge in [0.05, 0.1) is 0 Å². The van der Waals surface area contributed by atoms with Gasteiger partial charge in [0, 0.05) is 35.1 Å². The topological polar surface area (TPSA) is 99.3 Å². The lowest BCUT2D eigenvalue weighted by molar-refractivity contribution is -0.117. The average Bonchev–Trinajstić information content (AvgIpc) is 2.99. The van der Waals surface area contributed by atoms with Gasteiger partial charge in [-0.2, -0.15) is 4.98 Å². The number of amides is 1. The third-order valence-electron chi connectivity index (χ3n) is 3.13. The van der Waals surface area contributed by atoms with Gasteiger partial charge in [-0.25, -0.2) is 4.52 Å². The van der Waals surface area contributed by atoms with Crippen LogP contribution in [0.5, 0.6) is 0 Å². The van der Waals surface area contributed by atoms with Gasteiger partial charge in [-0.3, -0.25) is 9.69 Å². The Bertz CT molecular complexity index is 721. The molecule has 2 aromatic rings. The predicted octanol–water partition coefficient (Wildman–Crippen LogP) is 2.15. The minimum Gasteiger partial charge on any atom is -0.279 e. The Labute approximate surface area is 122 Å². The van der Waals surface area contributed by atoms with E-state index in [9.17, 15) is 4.79 Å². The molecule has 1 atom stereocenters. The van der Waals surface area contributed by atoms with Crippen LogP contribution in [0.1, 0.15) is 6.42 Å². The number of rotatable bonds is 3. The summed E-state index contributed by atoms with van der Waals surface area (Å²) in [6.07, 6.45) is 2.14. The summed E-state index contributed by atoms with van der Waals surface area (Å²) >= 11 is 3.36. The highest BCUT2D eigenvalue weighted by Crippen LogP contribution is 2.23. The number of fused-ring (bicyclic) bond motifs is 1. The molecular weight excluding hydrogens is 326 g/mol. The van der Waals surface area contributed by atoms with Gasteiger partial charge in [0.1, 0.15) is 0 Å². The van der Waals surface area contributed by atoms with Crippen molar-refractivity contribution in [1.82, 2.24) is 14.6 Å². The van der Waals surface area contributed by atoms with E-state index in [1.165, 1.54) is 0 Å². The fourth-order valence-electron chi connectivity index (χ4n) is 2.21. The van der Waals surface area contributed by atoms with E-state index in [-0.39, 0.29) is 11.8 Å². The predicted molar refractivity (Wildman–Crippen MR) is 75.2 cm³/mol. The van der Waals surface area contributed by atoms with Crippen molar-refractivity contribution in [3.05, 3.63) is 33.2 Å². The summed E-state index contributed by atoms with van der Waals surface area (Å²) in [4.78, 5) is 20.6. The van der Waals surface area contributed by atoms with Crippen molar-refractivity contribution in [1.29, 1.82) is 0 Å². The molecule has 9 heteroatoms. The van der Waals surface area contributed by atoms with Crippen molar-refractivity contribution >= 4 is 33.4 Å². The van der Waals surface area contributed by atoms with Crippen molar-refractivity contribution in [3.8, 4) is 0 Å². The fraction of sp³-hybridized carbons (Fsp3) is 0.364. The molecule has 0 bridgehead atoms. The van der Waals surface area contributed by atoms with E-state index in [0.717, 1.165) is 4.47 Å². The molecule has 0 aromatic carbocycles. The molecule has 0 aliphatic carbocycles.